The highest BCUT2D eigenvalue weighted by molar-refractivity contribution is 7.17. The summed E-state index contributed by atoms with van der Waals surface area (Å²) in [7, 11) is 0. The molecule has 5 aromatic rings. The van der Waals surface area contributed by atoms with Gasteiger partial charge in [-0.1, -0.05) is 108 Å². The van der Waals surface area contributed by atoms with Gasteiger partial charge in [-0.05, 0) is 101 Å². The van der Waals surface area contributed by atoms with Crippen molar-refractivity contribution in [2.45, 2.75) is 79.6 Å². The largest absolute Gasteiger partial charge is 0.301 e. The first-order chi connectivity index (χ1) is 22.8. The number of hydrogen-bond acceptors (Lipinski definition) is 4. The van der Waals surface area contributed by atoms with Crippen molar-refractivity contribution >= 4 is 45.4 Å². The monoisotopic (exact) mass is 649 g/mol. The maximum Gasteiger partial charge on any atom is 0.197 e. The first-order valence-electron chi connectivity index (χ1n) is 17.0. The Balaban J connectivity index is 1.49. The molecule has 0 saturated carbocycles. The molecular weight excluding hydrogens is 607 g/mol. The lowest BCUT2D eigenvalue weighted by Crippen LogP contribution is -2.30. The summed E-state index contributed by atoms with van der Waals surface area (Å²) in [6.07, 6.45) is 1.83. The summed E-state index contributed by atoms with van der Waals surface area (Å²) >= 11 is 1.67. The Hall–Kier alpha value is -4.54. The number of hydrogen-bond donors (Lipinski definition) is 0. The summed E-state index contributed by atoms with van der Waals surface area (Å²) in [6.45, 7) is 20.3. The third-order valence-corrected chi connectivity index (χ3v) is 11.3. The Labute approximate surface area is 289 Å². The van der Waals surface area contributed by atoms with Gasteiger partial charge in [-0.25, -0.2) is 0 Å². The standard InChI is InChI=1S/C44H43NO2S/c1-24(2)31-15-12-16-32(25(3)4)40(31)45-38-18-17-29(39-27(6)19-26(5)20-28(39)7)21-36(38)44(8,9)37-23-30(48-43(37)45)22-35-41(46)33-13-10-11-14-34(33)42(35)47/h10-25H,1-9H3. The van der Waals surface area contributed by atoms with E-state index in [1.807, 2.05) is 18.2 Å². The van der Waals surface area contributed by atoms with E-state index in [0.29, 0.717) is 23.0 Å². The zero-order valence-electron chi connectivity index (χ0n) is 29.4. The van der Waals surface area contributed by atoms with Crippen molar-refractivity contribution in [2.75, 3.05) is 4.90 Å². The number of benzene rings is 4. The second-order valence-electron chi connectivity index (χ2n) is 14.7. The first-order valence-corrected chi connectivity index (χ1v) is 17.8. The van der Waals surface area contributed by atoms with Crippen LogP contribution >= 0.6 is 11.3 Å². The number of fused-ring (bicyclic) bond motifs is 3. The van der Waals surface area contributed by atoms with E-state index in [9.17, 15) is 9.59 Å². The second-order valence-corrected chi connectivity index (χ2v) is 15.8. The van der Waals surface area contributed by atoms with Gasteiger partial charge < -0.3 is 4.90 Å². The third-order valence-electron chi connectivity index (χ3n) is 10.2. The van der Waals surface area contributed by atoms with Crippen LogP contribution in [-0.4, -0.2) is 11.6 Å². The molecule has 2 heterocycles. The zero-order chi connectivity index (χ0) is 34.2. The SMILES string of the molecule is Cc1cc(C)c(-c2ccc3c(c2)C(C)(C)c2cc(C=C4C(=O)c5ccccc5C4=O)sc2N3c2c(C(C)C)cccc2C(C)C)c(C)c1. The number of anilines is 3. The van der Waals surface area contributed by atoms with Crippen molar-refractivity contribution in [3.8, 4) is 11.1 Å². The van der Waals surface area contributed by atoms with Crippen molar-refractivity contribution in [3.05, 3.63) is 139 Å². The minimum Gasteiger partial charge on any atom is -0.301 e. The molecular formula is C44H43NO2S. The fraction of sp³-hybridized carbons (Fsp3) is 0.273. The van der Waals surface area contributed by atoms with E-state index in [1.54, 1.807) is 23.5 Å². The summed E-state index contributed by atoms with van der Waals surface area (Å²) in [4.78, 5) is 30.3. The lowest BCUT2D eigenvalue weighted by atomic mass is 9.74. The van der Waals surface area contributed by atoms with E-state index in [1.165, 1.54) is 61.4 Å². The molecule has 3 nitrogen and oxygen atoms in total. The van der Waals surface area contributed by atoms with Gasteiger partial charge in [-0.2, -0.15) is 0 Å². The van der Waals surface area contributed by atoms with Crippen molar-refractivity contribution in [1.82, 2.24) is 0 Å². The maximum atomic E-state index is 13.4. The normalized spacial score (nSPS) is 14.9. The highest BCUT2D eigenvalue weighted by Gasteiger charge is 2.41. The van der Waals surface area contributed by atoms with Crippen molar-refractivity contribution in [1.29, 1.82) is 0 Å². The Morgan fingerprint density at radius 3 is 1.85 bits per heavy atom. The van der Waals surface area contributed by atoms with E-state index >= 15 is 0 Å². The Bertz CT molecular complexity index is 2110. The van der Waals surface area contributed by atoms with Crippen molar-refractivity contribution in [3.63, 3.8) is 0 Å². The van der Waals surface area contributed by atoms with E-state index in [-0.39, 0.29) is 22.6 Å². The molecule has 0 unspecified atom stereocenters. The second kappa shape index (κ2) is 11.6. The highest BCUT2D eigenvalue weighted by atomic mass is 32.1. The van der Waals surface area contributed by atoms with Gasteiger partial charge in [0.2, 0.25) is 0 Å². The van der Waals surface area contributed by atoms with Gasteiger partial charge >= 0.3 is 0 Å². The molecule has 2 aliphatic rings. The lowest BCUT2D eigenvalue weighted by Gasteiger charge is -2.42. The Kier molecular flexibility index (Phi) is 7.71. The third kappa shape index (κ3) is 4.92. The number of carbonyl (C=O) groups is 2. The van der Waals surface area contributed by atoms with Crippen LogP contribution in [0.3, 0.4) is 0 Å². The molecule has 0 bridgehead atoms. The predicted octanol–water partition coefficient (Wildman–Crippen LogP) is 12.2. The number of Topliss-reactive ketones (excluding diaryl/α,β-unsaturated/α-hetero) is 2. The quantitative estimate of drug-likeness (QED) is 0.140. The topological polar surface area (TPSA) is 37.4 Å². The number of para-hydroxylation sites is 1. The van der Waals surface area contributed by atoms with Crippen molar-refractivity contribution in [2.24, 2.45) is 0 Å². The first kappa shape index (κ1) is 32.0. The van der Waals surface area contributed by atoms with Gasteiger partial charge in [-0.15, -0.1) is 11.3 Å². The van der Waals surface area contributed by atoms with Crippen LogP contribution in [0.4, 0.5) is 16.4 Å². The van der Waals surface area contributed by atoms with E-state index in [0.717, 1.165) is 9.88 Å². The van der Waals surface area contributed by atoms with Crippen LogP contribution in [0.15, 0.2) is 84.4 Å². The van der Waals surface area contributed by atoms with Crippen LogP contribution < -0.4 is 4.90 Å². The summed E-state index contributed by atoms with van der Waals surface area (Å²) in [5, 5.41) is 1.14. The molecule has 0 fully saturated rings. The van der Waals surface area contributed by atoms with Crippen LogP contribution in [0.2, 0.25) is 0 Å². The molecule has 0 atom stereocenters. The molecule has 4 aromatic carbocycles. The number of carbonyl (C=O) groups excluding carboxylic acids is 2. The van der Waals surface area contributed by atoms with Gasteiger partial charge in [0.15, 0.2) is 11.6 Å². The average molecular weight is 650 g/mol. The van der Waals surface area contributed by atoms with Crippen molar-refractivity contribution < 1.29 is 9.59 Å². The fourth-order valence-electron chi connectivity index (χ4n) is 7.90. The summed E-state index contributed by atoms with van der Waals surface area (Å²) in [6, 6.07) is 27.6. The number of thiophene rings is 1. The molecule has 0 amide bonds. The molecule has 7 rings (SSSR count). The number of rotatable bonds is 5. The fourth-order valence-corrected chi connectivity index (χ4v) is 9.18. The van der Waals surface area contributed by atoms with Crippen LogP contribution in [-0.2, 0) is 5.41 Å². The van der Waals surface area contributed by atoms with Crippen LogP contribution in [0.25, 0.3) is 17.2 Å². The molecule has 1 aliphatic carbocycles. The molecule has 48 heavy (non-hydrogen) atoms. The predicted molar refractivity (Wildman–Crippen MR) is 202 cm³/mol. The lowest BCUT2D eigenvalue weighted by molar-refractivity contribution is 0.0990. The number of nitrogens with zero attached hydrogens (tertiary/aromatic N) is 1. The Morgan fingerprint density at radius 1 is 0.708 bits per heavy atom. The van der Waals surface area contributed by atoms with Crippen LogP contribution in [0, 0.1) is 20.8 Å². The van der Waals surface area contributed by atoms with Gasteiger partial charge in [0.05, 0.1) is 16.9 Å². The number of aryl methyl sites for hydroxylation is 3. The van der Waals surface area contributed by atoms with E-state index in [2.05, 4.69) is 122 Å². The van der Waals surface area contributed by atoms with Crippen LogP contribution in [0.5, 0.6) is 0 Å². The van der Waals surface area contributed by atoms with E-state index < -0.39 is 0 Å². The molecule has 1 aromatic heterocycles. The summed E-state index contributed by atoms with van der Waals surface area (Å²) in [5.41, 5.74) is 14.7. The van der Waals surface area contributed by atoms with Gasteiger partial charge in [0, 0.05) is 21.4 Å². The Morgan fingerprint density at radius 2 is 1.29 bits per heavy atom. The summed E-state index contributed by atoms with van der Waals surface area (Å²) in [5.74, 6) is 0.238. The highest BCUT2D eigenvalue weighted by Crippen LogP contribution is 2.58. The van der Waals surface area contributed by atoms with Gasteiger partial charge in [0.25, 0.3) is 0 Å². The molecule has 242 valence electrons. The average Bonchev–Trinajstić information content (AvgIpc) is 3.56. The zero-order valence-corrected chi connectivity index (χ0v) is 30.2. The minimum absolute atomic E-state index is 0.192. The number of ketones is 2. The molecule has 4 heteroatoms. The smallest absolute Gasteiger partial charge is 0.197 e. The molecule has 1 aliphatic heterocycles. The van der Waals surface area contributed by atoms with Gasteiger partial charge in [-0.3, -0.25) is 9.59 Å². The number of allylic oxidation sites excluding steroid dienone is 1. The van der Waals surface area contributed by atoms with E-state index in [4.69, 9.17) is 0 Å². The van der Waals surface area contributed by atoms with Crippen LogP contribution in [0.1, 0.15) is 118 Å². The maximum absolute atomic E-state index is 13.4. The van der Waals surface area contributed by atoms with Gasteiger partial charge in [0.1, 0.15) is 5.00 Å². The molecule has 0 saturated heterocycles. The molecule has 0 N–H and O–H groups in total. The summed E-state index contributed by atoms with van der Waals surface area (Å²) < 4.78 is 0. The molecule has 0 radical (unpaired) electrons. The minimum atomic E-state index is -0.339. The molecule has 0 spiro atoms.